The van der Waals surface area contributed by atoms with E-state index < -0.39 is 0 Å². The van der Waals surface area contributed by atoms with Gasteiger partial charge in [-0.25, -0.2) is 0 Å². The third-order valence-corrected chi connectivity index (χ3v) is 3.84. The normalized spacial score (nSPS) is 13.8. The molecule has 1 aliphatic carbocycles. The van der Waals surface area contributed by atoms with Crippen molar-refractivity contribution in [1.82, 2.24) is 0 Å². The van der Waals surface area contributed by atoms with Crippen LogP contribution in [0.1, 0.15) is 30.5 Å². The smallest absolute Gasteiger partial charge is 0.00576 e. The number of aryl methyl sites for hydroxylation is 1. The Hall–Kier alpha value is -1.60. The Bertz CT molecular complexity index is 621. The van der Waals surface area contributed by atoms with Crippen molar-refractivity contribution in [2.24, 2.45) is 0 Å². The van der Waals surface area contributed by atoms with E-state index in [1.54, 1.807) is 0 Å². The molecule has 2 aromatic rings. The van der Waals surface area contributed by atoms with Crippen molar-refractivity contribution in [2.75, 3.05) is 0 Å². The zero-order chi connectivity index (χ0) is 11.3. The van der Waals surface area contributed by atoms with Crippen LogP contribution in [0.5, 0.6) is 0 Å². The Morgan fingerprint density at radius 3 is 2.47 bits per heavy atom. The predicted molar refractivity (Wildman–Crippen MR) is 74.3 cm³/mol. The molecule has 0 fully saturated rings. The summed E-state index contributed by atoms with van der Waals surface area (Å²) < 4.78 is 0. The number of hydrogen-bond donors (Lipinski definition) is 0. The second-order valence-corrected chi connectivity index (χ2v) is 4.85. The predicted octanol–water partition coefficient (Wildman–Crippen LogP) is 3.67. The fraction of sp³-hybridized carbons (Fsp3) is 0.250. The summed E-state index contributed by atoms with van der Waals surface area (Å²) in [6, 6.07) is 11.2. The fourth-order valence-corrected chi connectivity index (χ4v) is 2.74. The van der Waals surface area contributed by atoms with Crippen LogP contribution in [0, 0.1) is 6.92 Å². The minimum Gasteiger partial charge on any atom is -0.412 e. The van der Waals surface area contributed by atoms with Gasteiger partial charge in [-0.05, 0) is 60.2 Å². The quantitative estimate of drug-likeness (QED) is 0.656. The van der Waals surface area contributed by atoms with Crippen LogP contribution < -0.4 is 0 Å². The Kier molecular flexibility index (Phi) is 2.80. The molecule has 1 aliphatic rings. The zero-order valence-electron chi connectivity index (χ0n) is 10.6. The monoisotopic (exact) mass is 226 g/mol. The van der Waals surface area contributed by atoms with Crippen molar-refractivity contribution in [3.63, 3.8) is 0 Å². The molecule has 1 nitrogen and oxygen atoms in total. The van der Waals surface area contributed by atoms with E-state index in [-0.39, 0.29) is 5.48 Å². The number of benzene rings is 2. The van der Waals surface area contributed by atoms with Crippen molar-refractivity contribution in [3.8, 4) is 0 Å². The Labute approximate surface area is 102 Å². The molecule has 0 radical (unpaired) electrons. The lowest BCUT2D eigenvalue weighted by Crippen LogP contribution is -2.01. The summed E-state index contributed by atoms with van der Waals surface area (Å²) in [6.07, 6.45) is 1.11. The molecule has 17 heavy (non-hydrogen) atoms. The number of rotatable bonds is 0. The molecule has 2 aromatic carbocycles. The van der Waals surface area contributed by atoms with Gasteiger partial charge in [-0.1, -0.05) is 35.9 Å². The van der Waals surface area contributed by atoms with Gasteiger partial charge in [0.1, 0.15) is 0 Å². The first-order valence-corrected chi connectivity index (χ1v) is 5.86. The van der Waals surface area contributed by atoms with E-state index in [1.807, 2.05) is 0 Å². The van der Waals surface area contributed by atoms with Crippen LogP contribution in [0.3, 0.4) is 0 Å². The number of allylic oxidation sites excluding steroid dienone is 2. The van der Waals surface area contributed by atoms with Crippen molar-refractivity contribution < 1.29 is 5.48 Å². The van der Waals surface area contributed by atoms with Crippen molar-refractivity contribution in [2.45, 2.75) is 27.2 Å². The molecule has 3 rings (SSSR count). The van der Waals surface area contributed by atoms with Crippen molar-refractivity contribution in [3.05, 3.63) is 52.6 Å². The lowest BCUT2D eigenvalue weighted by Gasteiger charge is -2.21. The molecule has 88 valence electrons. The summed E-state index contributed by atoms with van der Waals surface area (Å²) in [5, 5.41) is 2.90. The molecule has 0 atom stereocenters. The van der Waals surface area contributed by atoms with Crippen LogP contribution in [-0.4, -0.2) is 5.48 Å². The van der Waals surface area contributed by atoms with Gasteiger partial charge >= 0.3 is 0 Å². The van der Waals surface area contributed by atoms with Gasteiger partial charge in [-0.2, -0.15) is 0 Å². The molecule has 0 aliphatic heterocycles. The highest BCUT2D eigenvalue weighted by molar-refractivity contribution is 6.00. The van der Waals surface area contributed by atoms with E-state index in [9.17, 15) is 0 Å². The molecular weight excluding hydrogens is 208 g/mol. The molecule has 0 saturated heterocycles. The summed E-state index contributed by atoms with van der Waals surface area (Å²) in [5.41, 5.74) is 7.26. The van der Waals surface area contributed by atoms with Crippen LogP contribution in [0.2, 0.25) is 0 Å². The minimum absolute atomic E-state index is 0. The Balaban J connectivity index is 0.00000108. The van der Waals surface area contributed by atoms with E-state index >= 15 is 0 Å². The average molecular weight is 226 g/mol. The SMILES string of the molecule is CC1=C(C)c2ccc(C)c3cccc(c23)C1.O. The first-order chi connectivity index (χ1) is 7.68. The Morgan fingerprint density at radius 1 is 0.941 bits per heavy atom. The Morgan fingerprint density at radius 2 is 1.71 bits per heavy atom. The molecule has 0 aromatic heterocycles. The second-order valence-electron chi connectivity index (χ2n) is 4.85. The summed E-state index contributed by atoms with van der Waals surface area (Å²) in [5.74, 6) is 0. The molecule has 0 amide bonds. The third-order valence-electron chi connectivity index (χ3n) is 3.84. The van der Waals surface area contributed by atoms with Gasteiger partial charge in [0.05, 0.1) is 0 Å². The molecular formula is C16H18O. The topological polar surface area (TPSA) is 31.5 Å². The summed E-state index contributed by atoms with van der Waals surface area (Å²) >= 11 is 0. The molecule has 0 saturated carbocycles. The van der Waals surface area contributed by atoms with Crippen LogP contribution in [-0.2, 0) is 6.42 Å². The van der Waals surface area contributed by atoms with E-state index in [4.69, 9.17) is 0 Å². The molecule has 0 heterocycles. The molecule has 0 spiro atoms. The van der Waals surface area contributed by atoms with Crippen molar-refractivity contribution in [1.29, 1.82) is 0 Å². The van der Waals surface area contributed by atoms with Gasteiger partial charge in [-0.3, -0.25) is 0 Å². The van der Waals surface area contributed by atoms with Gasteiger partial charge in [0.25, 0.3) is 0 Å². The molecule has 0 bridgehead atoms. The first-order valence-electron chi connectivity index (χ1n) is 5.86. The summed E-state index contributed by atoms with van der Waals surface area (Å²) in [4.78, 5) is 0. The van der Waals surface area contributed by atoms with Crippen LogP contribution in [0.25, 0.3) is 16.3 Å². The van der Waals surface area contributed by atoms with E-state index in [1.165, 1.54) is 38.6 Å². The van der Waals surface area contributed by atoms with E-state index in [2.05, 4.69) is 51.1 Å². The van der Waals surface area contributed by atoms with E-state index in [0.29, 0.717) is 0 Å². The highest BCUT2D eigenvalue weighted by Crippen LogP contribution is 2.36. The standard InChI is InChI=1S/C16H16.H2O/c1-10-7-8-15-12(3)11(2)9-13-5-4-6-14(10)16(13)15;/h4-8H,9H2,1-3H3;1H2. The molecule has 2 N–H and O–H groups in total. The lowest BCUT2D eigenvalue weighted by atomic mass is 9.84. The summed E-state index contributed by atoms with van der Waals surface area (Å²) in [7, 11) is 0. The van der Waals surface area contributed by atoms with Gasteiger partial charge < -0.3 is 5.48 Å². The molecule has 1 heteroatoms. The third kappa shape index (κ3) is 1.58. The minimum atomic E-state index is 0. The van der Waals surface area contributed by atoms with Crippen LogP contribution >= 0.6 is 0 Å². The van der Waals surface area contributed by atoms with Gasteiger partial charge in [0, 0.05) is 0 Å². The van der Waals surface area contributed by atoms with Crippen molar-refractivity contribution >= 4 is 16.3 Å². The highest BCUT2D eigenvalue weighted by atomic mass is 16.0. The van der Waals surface area contributed by atoms with Crippen LogP contribution in [0.4, 0.5) is 0 Å². The van der Waals surface area contributed by atoms with Crippen LogP contribution in [0.15, 0.2) is 35.9 Å². The van der Waals surface area contributed by atoms with Gasteiger partial charge in [0.2, 0.25) is 0 Å². The maximum atomic E-state index is 2.28. The fourth-order valence-electron chi connectivity index (χ4n) is 2.74. The maximum Gasteiger partial charge on any atom is -0.00576 e. The average Bonchev–Trinajstić information content (AvgIpc) is 2.28. The molecule has 0 unspecified atom stereocenters. The van der Waals surface area contributed by atoms with E-state index in [0.717, 1.165) is 6.42 Å². The van der Waals surface area contributed by atoms with Gasteiger partial charge in [0.15, 0.2) is 0 Å². The summed E-state index contributed by atoms with van der Waals surface area (Å²) in [6.45, 7) is 6.69. The highest BCUT2D eigenvalue weighted by Gasteiger charge is 2.15. The number of hydrogen-bond acceptors (Lipinski definition) is 0. The maximum absolute atomic E-state index is 2.28. The largest absolute Gasteiger partial charge is 0.412 e. The van der Waals surface area contributed by atoms with Gasteiger partial charge in [-0.15, -0.1) is 0 Å². The first kappa shape index (κ1) is 11.9. The lowest BCUT2D eigenvalue weighted by molar-refractivity contribution is 0.824. The second kappa shape index (κ2) is 4.01. The zero-order valence-corrected chi connectivity index (χ0v) is 10.6.